The zero-order chi connectivity index (χ0) is 22.1. The predicted octanol–water partition coefficient (Wildman–Crippen LogP) is 4.60. The fourth-order valence-corrected chi connectivity index (χ4v) is 4.72. The SMILES string of the molecule is CC(F)CN1CCC12CCC2.CNc1ncc2c(-c3ccc4nccnc4c3)ccn2n1.[HH]. The van der Waals surface area contributed by atoms with E-state index in [0.717, 1.165) is 34.2 Å². The van der Waals surface area contributed by atoms with Crippen LogP contribution in [0.4, 0.5) is 10.3 Å². The lowest BCUT2D eigenvalue weighted by Crippen LogP contribution is -2.64. The number of aromatic nitrogens is 5. The first kappa shape index (κ1) is 20.8. The molecule has 7 nitrogen and oxygen atoms in total. The predicted molar refractivity (Wildman–Crippen MR) is 127 cm³/mol. The van der Waals surface area contributed by atoms with Crippen LogP contribution in [0, 0.1) is 0 Å². The molecule has 1 N–H and O–H groups in total. The molecule has 1 unspecified atom stereocenters. The van der Waals surface area contributed by atoms with Gasteiger partial charge in [0.15, 0.2) is 0 Å². The average Bonchev–Trinajstić information content (AvgIpc) is 3.19. The maximum Gasteiger partial charge on any atom is 0.240 e. The van der Waals surface area contributed by atoms with Crippen LogP contribution in [0.5, 0.6) is 0 Å². The second-order valence-electron chi connectivity index (χ2n) is 8.71. The first-order valence-electron chi connectivity index (χ1n) is 11.2. The van der Waals surface area contributed by atoms with E-state index in [0.29, 0.717) is 18.0 Å². The molecule has 0 bridgehead atoms. The fraction of sp³-hybridized carbons (Fsp3) is 0.417. The molecule has 1 aliphatic carbocycles. The highest BCUT2D eigenvalue weighted by molar-refractivity contribution is 5.86. The summed E-state index contributed by atoms with van der Waals surface area (Å²) < 4.78 is 14.4. The smallest absolute Gasteiger partial charge is 0.240 e. The Morgan fingerprint density at radius 1 is 1.12 bits per heavy atom. The van der Waals surface area contributed by atoms with Crippen molar-refractivity contribution in [2.24, 2.45) is 0 Å². The summed E-state index contributed by atoms with van der Waals surface area (Å²) in [4.78, 5) is 15.2. The number of hydrogen-bond acceptors (Lipinski definition) is 6. The van der Waals surface area contributed by atoms with Gasteiger partial charge in [-0.25, -0.2) is 13.9 Å². The van der Waals surface area contributed by atoms with Crippen molar-refractivity contribution in [3.63, 3.8) is 0 Å². The van der Waals surface area contributed by atoms with Crippen LogP contribution in [-0.4, -0.2) is 61.3 Å². The van der Waals surface area contributed by atoms with Crippen LogP contribution in [-0.2, 0) is 0 Å². The zero-order valence-electron chi connectivity index (χ0n) is 18.5. The van der Waals surface area contributed by atoms with Gasteiger partial charge in [-0.1, -0.05) is 6.07 Å². The van der Waals surface area contributed by atoms with E-state index in [-0.39, 0.29) is 1.43 Å². The molecule has 32 heavy (non-hydrogen) atoms. The number of nitrogens with one attached hydrogen (secondary N) is 1. The lowest BCUT2D eigenvalue weighted by molar-refractivity contribution is -0.0819. The molecule has 6 rings (SSSR count). The van der Waals surface area contributed by atoms with Gasteiger partial charge in [0, 0.05) is 51.3 Å². The molecular weight excluding hydrogens is 405 g/mol. The molecule has 168 valence electrons. The van der Waals surface area contributed by atoms with Crippen LogP contribution in [0.25, 0.3) is 27.7 Å². The standard InChI is InChI=1S/C15H12N6.C9H16FN.H2/c1-16-15-19-9-14-11(4-7-21(14)20-15)10-2-3-12-13(8-10)18-6-5-17-12;1-8(10)7-11-6-5-9(11)3-2-4-9;/h2-9H,1H3,(H,16,20);8H,2-7H2,1H3;1H. The summed E-state index contributed by atoms with van der Waals surface area (Å²) in [5.74, 6) is 0.592. The average molecular weight is 436 g/mol. The van der Waals surface area contributed by atoms with E-state index in [1.807, 2.05) is 41.2 Å². The van der Waals surface area contributed by atoms with Crippen LogP contribution < -0.4 is 5.32 Å². The Kier molecular flexibility index (Phi) is 5.46. The third kappa shape index (κ3) is 3.79. The fourth-order valence-electron chi connectivity index (χ4n) is 4.72. The highest BCUT2D eigenvalue weighted by Gasteiger charge is 2.48. The number of likely N-dealkylation sites (tertiary alicyclic amines) is 1. The van der Waals surface area contributed by atoms with Crippen LogP contribution >= 0.6 is 0 Å². The van der Waals surface area contributed by atoms with Crippen molar-refractivity contribution in [2.75, 3.05) is 25.5 Å². The molecule has 4 aromatic rings. The van der Waals surface area contributed by atoms with Crippen molar-refractivity contribution in [1.82, 2.24) is 29.5 Å². The first-order chi connectivity index (χ1) is 15.6. The van der Waals surface area contributed by atoms with E-state index in [2.05, 4.69) is 30.3 Å². The summed E-state index contributed by atoms with van der Waals surface area (Å²) in [7, 11) is 1.80. The Morgan fingerprint density at radius 2 is 1.94 bits per heavy atom. The monoisotopic (exact) mass is 435 g/mol. The molecule has 2 aliphatic rings. The van der Waals surface area contributed by atoms with Gasteiger partial charge in [-0.05, 0) is 56.4 Å². The summed E-state index contributed by atoms with van der Waals surface area (Å²) in [5.41, 5.74) is 5.36. The maximum atomic E-state index is 12.6. The molecule has 8 heteroatoms. The number of fused-ring (bicyclic) bond motifs is 2. The van der Waals surface area contributed by atoms with Crippen LogP contribution in [0.15, 0.2) is 49.1 Å². The Morgan fingerprint density at radius 3 is 2.59 bits per heavy atom. The van der Waals surface area contributed by atoms with Crippen LogP contribution in [0.2, 0.25) is 0 Å². The second kappa shape index (κ2) is 8.43. The van der Waals surface area contributed by atoms with Gasteiger partial charge in [0.25, 0.3) is 0 Å². The van der Waals surface area contributed by atoms with E-state index >= 15 is 0 Å². The van der Waals surface area contributed by atoms with Gasteiger partial charge in [0.2, 0.25) is 5.95 Å². The minimum Gasteiger partial charge on any atom is -0.356 e. The third-order valence-electron chi connectivity index (χ3n) is 6.69. The summed E-state index contributed by atoms with van der Waals surface area (Å²) in [6.45, 7) is 3.46. The Hall–Kier alpha value is -3.13. The van der Waals surface area contributed by atoms with Crippen molar-refractivity contribution in [3.8, 4) is 11.1 Å². The number of nitrogens with zero attached hydrogens (tertiary/aromatic N) is 6. The number of halogens is 1. The highest BCUT2D eigenvalue weighted by Crippen LogP contribution is 2.46. The van der Waals surface area contributed by atoms with Gasteiger partial charge in [-0.2, -0.15) is 0 Å². The molecule has 0 radical (unpaired) electrons. The minimum absolute atomic E-state index is 0. The highest BCUT2D eigenvalue weighted by atomic mass is 19.1. The molecule has 1 aromatic carbocycles. The Bertz CT molecular complexity index is 1230. The third-order valence-corrected chi connectivity index (χ3v) is 6.69. The van der Waals surface area contributed by atoms with Gasteiger partial charge in [0.05, 0.1) is 22.7 Å². The molecule has 1 saturated carbocycles. The quantitative estimate of drug-likeness (QED) is 0.505. The van der Waals surface area contributed by atoms with Crippen molar-refractivity contribution >= 4 is 22.5 Å². The molecule has 1 spiro atoms. The molecule has 1 saturated heterocycles. The zero-order valence-corrected chi connectivity index (χ0v) is 18.5. The molecule has 0 amide bonds. The Labute approximate surface area is 188 Å². The van der Waals surface area contributed by atoms with E-state index in [9.17, 15) is 4.39 Å². The van der Waals surface area contributed by atoms with Gasteiger partial charge >= 0.3 is 0 Å². The topological polar surface area (TPSA) is 71.2 Å². The lowest BCUT2D eigenvalue weighted by Gasteiger charge is -2.59. The van der Waals surface area contributed by atoms with E-state index in [1.54, 1.807) is 26.4 Å². The van der Waals surface area contributed by atoms with Gasteiger partial charge in [-0.15, -0.1) is 5.10 Å². The number of benzene rings is 1. The summed E-state index contributed by atoms with van der Waals surface area (Å²) >= 11 is 0. The van der Waals surface area contributed by atoms with Crippen LogP contribution in [0.3, 0.4) is 0 Å². The van der Waals surface area contributed by atoms with Gasteiger partial charge < -0.3 is 5.32 Å². The molecule has 1 aliphatic heterocycles. The number of alkyl halides is 1. The maximum absolute atomic E-state index is 12.6. The van der Waals surface area contributed by atoms with E-state index < -0.39 is 6.17 Å². The number of rotatable bonds is 4. The van der Waals surface area contributed by atoms with E-state index in [4.69, 9.17) is 0 Å². The summed E-state index contributed by atoms with van der Waals surface area (Å²) in [5, 5.41) is 7.30. The largest absolute Gasteiger partial charge is 0.356 e. The molecule has 4 heterocycles. The number of hydrogen-bond donors (Lipinski definition) is 1. The molecule has 2 fully saturated rings. The summed E-state index contributed by atoms with van der Waals surface area (Å²) in [6.07, 6.45) is 11.8. The van der Waals surface area contributed by atoms with E-state index in [1.165, 1.54) is 25.7 Å². The van der Waals surface area contributed by atoms with Crippen molar-refractivity contribution in [1.29, 1.82) is 0 Å². The lowest BCUT2D eigenvalue weighted by atomic mass is 9.68. The normalized spacial score (nSPS) is 18.0. The molecule has 1 atom stereocenters. The summed E-state index contributed by atoms with van der Waals surface area (Å²) in [6, 6.07) is 8.08. The van der Waals surface area contributed by atoms with Gasteiger partial charge in [0.1, 0.15) is 6.17 Å². The Balaban J connectivity index is 0.000000183. The van der Waals surface area contributed by atoms with Crippen molar-refractivity contribution in [2.45, 2.75) is 44.3 Å². The first-order valence-corrected chi connectivity index (χ1v) is 11.2. The number of anilines is 1. The molecule has 3 aromatic heterocycles. The van der Waals surface area contributed by atoms with Gasteiger partial charge in [-0.3, -0.25) is 14.9 Å². The van der Waals surface area contributed by atoms with Crippen molar-refractivity contribution < 1.29 is 5.82 Å². The van der Waals surface area contributed by atoms with Crippen LogP contribution in [0.1, 0.15) is 34.0 Å². The second-order valence-corrected chi connectivity index (χ2v) is 8.71. The minimum atomic E-state index is -0.646. The molecular formula is C24H30FN7. The van der Waals surface area contributed by atoms with Crippen molar-refractivity contribution in [3.05, 3.63) is 49.1 Å².